The summed E-state index contributed by atoms with van der Waals surface area (Å²) in [5.74, 6) is 0.687. The molecule has 5 rings (SSSR count). The van der Waals surface area contributed by atoms with Crippen LogP contribution in [0.3, 0.4) is 0 Å². The summed E-state index contributed by atoms with van der Waals surface area (Å²) >= 11 is 0. The van der Waals surface area contributed by atoms with E-state index in [1.165, 1.54) is 5.56 Å². The van der Waals surface area contributed by atoms with Crippen LogP contribution in [0, 0.1) is 0 Å². The Bertz CT molecular complexity index is 1030. The number of likely N-dealkylation sites (tertiary alicyclic amines) is 1. The molecule has 8 heteroatoms. The van der Waals surface area contributed by atoms with Gasteiger partial charge in [-0.25, -0.2) is 9.78 Å². The van der Waals surface area contributed by atoms with E-state index in [4.69, 9.17) is 0 Å². The van der Waals surface area contributed by atoms with Gasteiger partial charge in [0.1, 0.15) is 11.9 Å². The van der Waals surface area contributed by atoms with Gasteiger partial charge in [-0.15, -0.1) is 0 Å². The van der Waals surface area contributed by atoms with Gasteiger partial charge in [-0.3, -0.25) is 9.59 Å². The van der Waals surface area contributed by atoms with Crippen molar-refractivity contribution in [3.63, 3.8) is 0 Å². The lowest BCUT2D eigenvalue weighted by atomic mass is 9.74. The summed E-state index contributed by atoms with van der Waals surface area (Å²) in [6, 6.07) is 13.1. The summed E-state index contributed by atoms with van der Waals surface area (Å²) in [5.41, 5.74) is 1.49. The van der Waals surface area contributed by atoms with Crippen LogP contribution in [0.25, 0.3) is 0 Å². The lowest BCUT2D eigenvalue weighted by Gasteiger charge is -2.38. The van der Waals surface area contributed by atoms with Gasteiger partial charge in [-0.1, -0.05) is 36.4 Å². The topological polar surface area (TPSA) is 103 Å². The highest BCUT2D eigenvalue weighted by Crippen LogP contribution is 2.43. The van der Waals surface area contributed by atoms with Gasteiger partial charge >= 0.3 is 6.03 Å². The van der Waals surface area contributed by atoms with E-state index in [1.54, 1.807) is 11.1 Å². The molecule has 32 heavy (non-hydrogen) atoms. The predicted molar refractivity (Wildman–Crippen MR) is 119 cm³/mol. The summed E-state index contributed by atoms with van der Waals surface area (Å²) in [6.45, 7) is 1.48. The molecule has 3 N–H and O–H groups in total. The largest absolute Gasteiger partial charge is 0.354 e. The van der Waals surface area contributed by atoms with Crippen molar-refractivity contribution >= 4 is 23.7 Å². The molecule has 2 saturated heterocycles. The molecule has 1 spiro atoms. The summed E-state index contributed by atoms with van der Waals surface area (Å²) < 4.78 is 0. The number of hydrogen-bond donors (Lipinski definition) is 3. The SMILES string of the molecule is O=C1NC[C@H](c2ccccc2)CC[C@H]1NC(=O)N1CCC2(CC1)C(=O)Nc1ncccc12. The van der Waals surface area contributed by atoms with E-state index in [0.29, 0.717) is 44.7 Å². The van der Waals surface area contributed by atoms with Crippen molar-refractivity contribution in [2.75, 3.05) is 25.0 Å². The van der Waals surface area contributed by atoms with E-state index in [9.17, 15) is 14.4 Å². The van der Waals surface area contributed by atoms with Crippen molar-refractivity contribution in [1.29, 1.82) is 0 Å². The number of hydrogen-bond acceptors (Lipinski definition) is 4. The zero-order valence-electron chi connectivity index (χ0n) is 17.8. The molecule has 3 aliphatic rings. The molecule has 0 bridgehead atoms. The number of urea groups is 1. The Kier molecular flexibility index (Phi) is 5.28. The Balaban J connectivity index is 1.20. The Morgan fingerprint density at radius 1 is 1.06 bits per heavy atom. The molecular weight excluding hydrogens is 406 g/mol. The first kappa shape index (κ1) is 20.5. The van der Waals surface area contributed by atoms with Crippen LogP contribution in [0.4, 0.5) is 10.6 Å². The maximum Gasteiger partial charge on any atom is 0.318 e. The minimum atomic E-state index is -0.622. The number of amides is 4. The van der Waals surface area contributed by atoms with Gasteiger partial charge in [0.25, 0.3) is 0 Å². The Hall–Kier alpha value is -3.42. The molecule has 2 aromatic rings. The van der Waals surface area contributed by atoms with Gasteiger partial charge < -0.3 is 20.9 Å². The van der Waals surface area contributed by atoms with Gasteiger partial charge in [0.15, 0.2) is 0 Å². The fourth-order valence-electron chi connectivity index (χ4n) is 5.16. The number of carbonyl (C=O) groups excluding carboxylic acids is 3. The average molecular weight is 434 g/mol. The van der Waals surface area contributed by atoms with Crippen molar-refractivity contribution in [2.24, 2.45) is 0 Å². The molecule has 166 valence electrons. The molecule has 4 amide bonds. The normalized spacial score (nSPS) is 24.3. The van der Waals surface area contributed by atoms with Gasteiger partial charge in [-0.2, -0.15) is 0 Å². The molecule has 0 saturated carbocycles. The van der Waals surface area contributed by atoms with Gasteiger partial charge in [0, 0.05) is 37.3 Å². The molecule has 4 heterocycles. The monoisotopic (exact) mass is 433 g/mol. The highest BCUT2D eigenvalue weighted by atomic mass is 16.2. The molecule has 2 fully saturated rings. The second kappa shape index (κ2) is 8.26. The van der Waals surface area contributed by atoms with Crippen LogP contribution < -0.4 is 16.0 Å². The van der Waals surface area contributed by atoms with E-state index in [2.05, 4.69) is 33.1 Å². The van der Waals surface area contributed by atoms with E-state index in [1.807, 2.05) is 30.3 Å². The van der Waals surface area contributed by atoms with Crippen molar-refractivity contribution in [3.8, 4) is 0 Å². The lowest BCUT2D eigenvalue weighted by Crippen LogP contribution is -2.54. The number of aromatic nitrogens is 1. The third-order valence-corrected chi connectivity index (χ3v) is 7.11. The number of anilines is 1. The summed E-state index contributed by atoms with van der Waals surface area (Å²) in [6.07, 6.45) is 4.16. The first-order valence-corrected chi connectivity index (χ1v) is 11.2. The zero-order chi connectivity index (χ0) is 22.1. The number of carbonyl (C=O) groups is 3. The fourth-order valence-corrected chi connectivity index (χ4v) is 5.16. The molecule has 8 nitrogen and oxygen atoms in total. The number of piperidine rings is 1. The number of rotatable bonds is 2. The lowest BCUT2D eigenvalue weighted by molar-refractivity contribution is -0.122. The van der Waals surface area contributed by atoms with Gasteiger partial charge in [0.05, 0.1) is 5.41 Å². The van der Waals surface area contributed by atoms with Crippen LogP contribution >= 0.6 is 0 Å². The number of pyridine rings is 1. The Morgan fingerprint density at radius 3 is 2.62 bits per heavy atom. The predicted octanol–water partition coefficient (Wildman–Crippen LogP) is 2.14. The van der Waals surface area contributed by atoms with Crippen LogP contribution in [0.2, 0.25) is 0 Å². The number of nitrogens with one attached hydrogen (secondary N) is 3. The third-order valence-electron chi connectivity index (χ3n) is 7.11. The molecule has 1 aromatic heterocycles. The van der Waals surface area contributed by atoms with E-state index < -0.39 is 11.5 Å². The maximum absolute atomic E-state index is 12.9. The molecule has 3 aliphatic heterocycles. The quantitative estimate of drug-likeness (QED) is 0.675. The van der Waals surface area contributed by atoms with E-state index in [0.717, 1.165) is 12.0 Å². The van der Waals surface area contributed by atoms with E-state index >= 15 is 0 Å². The van der Waals surface area contributed by atoms with Crippen LogP contribution in [-0.2, 0) is 15.0 Å². The highest BCUT2D eigenvalue weighted by Gasteiger charge is 2.49. The van der Waals surface area contributed by atoms with Gasteiger partial charge in [0.2, 0.25) is 11.8 Å². The van der Waals surface area contributed by atoms with Crippen LogP contribution in [-0.4, -0.2) is 53.4 Å². The molecule has 1 aromatic carbocycles. The molecule has 0 aliphatic carbocycles. The van der Waals surface area contributed by atoms with Crippen molar-refractivity contribution in [3.05, 3.63) is 59.8 Å². The average Bonchev–Trinajstić information content (AvgIpc) is 2.96. The second-order valence-electron chi connectivity index (χ2n) is 8.86. The van der Waals surface area contributed by atoms with Crippen LogP contribution in [0.1, 0.15) is 42.7 Å². The van der Waals surface area contributed by atoms with Crippen molar-refractivity contribution in [2.45, 2.75) is 43.1 Å². The number of fused-ring (bicyclic) bond motifs is 2. The van der Waals surface area contributed by atoms with E-state index in [-0.39, 0.29) is 23.8 Å². The highest BCUT2D eigenvalue weighted by molar-refractivity contribution is 6.05. The minimum Gasteiger partial charge on any atom is -0.354 e. The third kappa shape index (κ3) is 3.59. The van der Waals surface area contributed by atoms with Crippen molar-refractivity contribution in [1.82, 2.24) is 20.5 Å². The number of benzene rings is 1. The standard InChI is InChI=1S/C24H27N5O3/c30-21-19(9-8-17(15-26-21)16-5-2-1-3-6-16)27-23(32)29-13-10-24(11-14-29)18-7-4-12-25-20(18)28-22(24)31/h1-7,12,17,19H,8-11,13-15H2,(H,26,30)(H,27,32)(H,25,28,31)/t17-,19-/m1/s1. The first-order chi connectivity index (χ1) is 15.6. The first-order valence-electron chi connectivity index (χ1n) is 11.2. The molecule has 0 radical (unpaired) electrons. The maximum atomic E-state index is 12.9. The summed E-state index contributed by atoms with van der Waals surface area (Å²) in [5, 5.41) is 8.77. The molecule has 2 atom stereocenters. The molecule has 0 unspecified atom stereocenters. The Morgan fingerprint density at radius 2 is 1.84 bits per heavy atom. The Labute approximate surface area is 186 Å². The number of nitrogens with zero attached hydrogens (tertiary/aromatic N) is 2. The minimum absolute atomic E-state index is 0.0404. The smallest absolute Gasteiger partial charge is 0.318 e. The molecular formula is C24H27N5O3. The van der Waals surface area contributed by atoms with Gasteiger partial charge in [-0.05, 0) is 37.3 Å². The van der Waals surface area contributed by atoms with Crippen molar-refractivity contribution < 1.29 is 14.4 Å². The summed E-state index contributed by atoms with van der Waals surface area (Å²) in [4.78, 5) is 44.2. The fraction of sp³-hybridized carbons (Fsp3) is 0.417. The second-order valence-corrected chi connectivity index (χ2v) is 8.86. The van der Waals surface area contributed by atoms with Crippen LogP contribution in [0.15, 0.2) is 48.7 Å². The summed E-state index contributed by atoms with van der Waals surface area (Å²) in [7, 11) is 0. The van der Waals surface area contributed by atoms with Crippen LogP contribution in [0.5, 0.6) is 0 Å². The zero-order valence-corrected chi connectivity index (χ0v) is 17.8.